The van der Waals surface area contributed by atoms with Crippen molar-refractivity contribution in [1.82, 2.24) is 4.98 Å². The van der Waals surface area contributed by atoms with E-state index in [9.17, 15) is 5.11 Å². The molecule has 0 amide bonds. The second-order valence-electron chi connectivity index (χ2n) is 3.52. The van der Waals surface area contributed by atoms with Crippen molar-refractivity contribution >= 4 is 21.4 Å². The van der Waals surface area contributed by atoms with Crippen LogP contribution in [0.3, 0.4) is 0 Å². The second-order valence-corrected chi connectivity index (χ2v) is 4.57. The van der Waals surface area contributed by atoms with Gasteiger partial charge in [0.25, 0.3) is 0 Å². The minimum absolute atomic E-state index is 0.355. The van der Waals surface area contributed by atoms with Gasteiger partial charge in [0, 0.05) is 17.8 Å². The van der Waals surface area contributed by atoms with E-state index in [2.05, 4.69) is 4.98 Å². The van der Waals surface area contributed by atoms with E-state index in [-0.39, 0.29) is 0 Å². The molecule has 3 heteroatoms. The van der Waals surface area contributed by atoms with E-state index in [0.717, 1.165) is 20.5 Å². The van der Waals surface area contributed by atoms with Crippen molar-refractivity contribution in [3.63, 3.8) is 0 Å². The maximum absolute atomic E-state index is 10.1. The normalized spacial score (nSPS) is 10.8. The zero-order valence-electron chi connectivity index (χ0n) is 8.42. The van der Waals surface area contributed by atoms with Crippen LogP contribution in [0, 0.1) is 0 Å². The Labute approximate surface area is 96.8 Å². The summed E-state index contributed by atoms with van der Waals surface area (Å²) >= 11 is 1.56. The summed E-state index contributed by atoms with van der Waals surface area (Å²) in [5.41, 5.74) is 1.04. The van der Waals surface area contributed by atoms with Gasteiger partial charge in [0.2, 0.25) is 0 Å². The van der Waals surface area contributed by atoms with Gasteiger partial charge in [-0.3, -0.25) is 4.98 Å². The lowest BCUT2D eigenvalue weighted by molar-refractivity contribution is 0.485. The molecule has 78 valence electrons. The molecule has 2 aromatic heterocycles. The number of hydrogen-bond donors (Lipinski definition) is 1. The first-order valence-corrected chi connectivity index (χ1v) is 5.79. The van der Waals surface area contributed by atoms with Crippen molar-refractivity contribution in [3.05, 3.63) is 48.8 Å². The van der Waals surface area contributed by atoms with Crippen molar-refractivity contribution < 1.29 is 5.11 Å². The average molecular weight is 227 g/mol. The number of aromatic nitrogens is 1. The fraction of sp³-hybridized carbons (Fsp3) is 0. The molecule has 0 aliphatic carbocycles. The molecule has 0 saturated carbocycles. The minimum atomic E-state index is 0.355. The summed E-state index contributed by atoms with van der Waals surface area (Å²) in [7, 11) is 0. The van der Waals surface area contributed by atoms with Crippen LogP contribution in [0.25, 0.3) is 20.5 Å². The lowest BCUT2D eigenvalue weighted by Gasteiger charge is -1.97. The molecule has 1 aromatic carbocycles. The summed E-state index contributed by atoms with van der Waals surface area (Å²) in [5, 5.41) is 11.0. The maximum Gasteiger partial charge on any atom is 0.142 e. The van der Waals surface area contributed by atoms with Gasteiger partial charge in [-0.2, -0.15) is 0 Å². The Hall–Kier alpha value is -1.87. The topological polar surface area (TPSA) is 33.1 Å². The summed E-state index contributed by atoms with van der Waals surface area (Å²) in [4.78, 5) is 4.97. The predicted octanol–water partition coefficient (Wildman–Crippen LogP) is 3.67. The van der Waals surface area contributed by atoms with E-state index in [1.807, 2.05) is 36.4 Å². The second kappa shape index (κ2) is 3.61. The smallest absolute Gasteiger partial charge is 0.142 e. The molecule has 3 aromatic rings. The van der Waals surface area contributed by atoms with E-state index in [1.54, 1.807) is 23.7 Å². The molecule has 0 unspecified atom stereocenters. The van der Waals surface area contributed by atoms with Gasteiger partial charge >= 0.3 is 0 Å². The highest BCUT2D eigenvalue weighted by atomic mass is 32.1. The number of aromatic hydroxyl groups is 1. The predicted molar refractivity (Wildman–Crippen MR) is 66.7 cm³/mol. The minimum Gasteiger partial charge on any atom is -0.506 e. The number of benzene rings is 1. The number of thiophene rings is 1. The lowest BCUT2D eigenvalue weighted by atomic mass is 10.1. The van der Waals surface area contributed by atoms with Crippen LogP contribution in [0.15, 0.2) is 48.8 Å². The van der Waals surface area contributed by atoms with Gasteiger partial charge < -0.3 is 5.11 Å². The van der Waals surface area contributed by atoms with E-state index < -0.39 is 0 Å². The van der Waals surface area contributed by atoms with Crippen LogP contribution < -0.4 is 0 Å². The maximum atomic E-state index is 10.1. The number of rotatable bonds is 1. The van der Waals surface area contributed by atoms with Crippen LogP contribution in [0.2, 0.25) is 0 Å². The monoisotopic (exact) mass is 227 g/mol. The Kier molecular flexibility index (Phi) is 2.11. The standard InChI is InChI=1S/C13H9NOS/c15-12-10-6-7-14-8-11(10)16-13(12)9-4-2-1-3-5-9/h1-8,15H. The van der Waals surface area contributed by atoms with E-state index in [1.165, 1.54) is 0 Å². The molecule has 0 saturated heterocycles. The Morgan fingerprint density at radius 2 is 1.88 bits per heavy atom. The molecule has 3 rings (SSSR count). The van der Waals surface area contributed by atoms with E-state index in [4.69, 9.17) is 0 Å². The van der Waals surface area contributed by atoms with Gasteiger partial charge in [-0.15, -0.1) is 11.3 Å². The van der Waals surface area contributed by atoms with Gasteiger partial charge in [-0.05, 0) is 11.6 Å². The highest BCUT2D eigenvalue weighted by molar-refractivity contribution is 7.22. The highest BCUT2D eigenvalue weighted by Crippen LogP contribution is 2.42. The fourth-order valence-corrected chi connectivity index (χ4v) is 2.79. The number of fused-ring (bicyclic) bond motifs is 1. The van der Waals surface area contributed by atoms with Crippen LogP contribution >= 0.6 is 11.3 Å². The molecule has 2 nitrogen and oxygen atoms in total. The average Bonchev–Trinajstić information content (AvgIpc) is 2.69. The third-order valence-corrected chi connectivity index (χ3v) is 3.68. The van der Waals surface area contributed by atoms with Crippen molar-refractivity contribution in [2.24, 2.45) is 0 Å². The van der Waals surface area contributed by atoms with Crippen LogP contribution in [-0.4, -0.2) is 10.1 Å². The molecule has 0 aliphatic rings. The Morgan fingerprint density at radius 3 is 2.62 bits per heavy atom. The van der Waals surface area contributed by atoms with Gasteiger partial charge in [0.15, 0.2) is 0 Å². The molecule has 0 radical (unpaired) electrons. The highest BCUT2D eigenvalue weighted by Gasteiger charge is 2.11. The van der Waals surface area contributed by atoms with Crippen molar-refractivity contribution in [2.45, 2.75) is 0 Å². The third-order valence-electron chi connectivity index (χ3n) is 2.50. The molecule has 0 spiro atoms. The SMILES string of the molecule is Oc1c(-c2ccccc2)sc2cnccc12. The van der Waals surface area contributed by atoms with E-state index >= 15 is 0 Å². The molecule has 0 bridgehead atoms. The molecule has 0 fully saturated rings. The molecule has 0 atom stereocenters. The summed E-state index contributed by atoms with van der Waals surface area (Å²) in [6.45, 7) is 0. The number of hydrogen-bond acceptors (Lipinski definition) is 3. The molecule has 0 aliphatic heterocycles. The van der Waals surface area contributed by atoms with Crippen LogP contribution in [0.1, 0.15) is 0 Å². The van der Waals surface area contributed by atoms with Crippen LogP contribution in [0.5, 0.6) is 5.75 Å². The van der Waals surface area contributed by atoms with Crippen molar-refractivity contribution in [2.75, 3.05) is 0 Å². The Balaban J connectivity index is 2.29. The summed E-state index contributed by atoms with van der Waals surface area (Å²) in [6.07, 6.45) is 3.48. The van der Waals surface area contributed by atoms with Crippen LogP contribution in [0.4, 0.5) is 0 Å². The van der Waals surface area contributed by atoms with Gasteiger partial charge in [0.1, 0.15) is 5.75 Å². The third kappa shape index (κ3) is 1.37. The molecular formula is C13H9NOS. The molecule has 2 heterocycles. The summed E-state index contributed by atoms with van der Waals surface area (Å²) in [5.74, 6) is 0.355. The molecule has 16 heavy (non-hydrogen) atoms. The first-order valence-electron chi connectivity index (χ1n) is 4.97. The van der Waals surface area contributed by atoms with Gasteiger partial charge in [-0.25, -0.2) is 0 Å². The first kappa shape index (κ1) is 9.36. The number of nitrogens with zero attached hydrogens (tertiary/aromatic N) is 1. The molecule has 1 N–H and O–H groups in total. The first-order chi connectivity index (χ1) is 7.86. The Morgan fingerprint density at radius 1 is 1.06 bits per heavy atom. The lowest BCUT2D eigenvalue weighted by Crippen LogP contribution is -1.71. The van der Waals surface area contributed by atoms with Crippen molar-refractivity contribution in [3.8, 4) is 16.2 Å². The summed E-state index contributed by atoms with van der Waals surface area (Å²) in [6, 6.07) is 11.7. The summed E-state index contributed by atoms with van der Waals surface area (Å²) < 4.78 is 1.01. The van der Waals surface area contributed by atoms with Gasteiger partial charge in [-0.1, -0.05) is 30.3 Å². The quantitative estimate of drug-likeness (QED) is 0.688. The largest absolute Gasteiger partial charge is 0.506 e. The van der Waals surface area contributed by atoms with Gasteiger partial charge in [0.05, 0.1) is 9.58 Å². The van der Waals surface area contributed by atoms with Crippen LogP contribution in [-0.2, 0) is 0 Å². The molecular weight excluding hydrogens is 218 g/mol. The Bertz CT molecular complexity index is 631. The zero-order chi connectivity index (χ0) is 11.0. The zero-order valence-corrected chi connectivity index (χ0v) is 9.24. The van der Waals surface area contributed by atoms with Crippen molar-refractivity contribution in [1.29, 1.82) is 0 Å². The fourth-order valence-electron chi connectivity index (χ4n) is 1.72. The van der Waals surface area contributed by atoms with E-state index in [0.29, 0.717) is 5.75 Å². The number of pyridine rings is 1.